The van der Waals surface area contributed by atoms with Crippen molar-refractivity contribution >= 4 is 11.8 Å². The molecule has 1 heterocycles. The topological polar surface area (TPSA) is 67.9 Å². The van der Waals surface area contributed by atoms with Crippen LogP contribution in [0.5, 0.6) is 5.75 Å². The summed E-state index contributed by atoms with van der Waals surface area (Å²) >= 11 is 0. The molecule has 1 N–H and O–H groups in total. The number of piperidine rings is 1. The number of ether oxygens (including phenoxy) is 2. The smallest absolute Gasteiger partial charge is 0.251 e. The SMILES string of the molecule is COCCC(=O)N1CCC(Oc2ccc(C(=O)NCc3cc(F)ccc3C)cc2)CC1. The lowest BCUT2D eigenvalue weighted by Crippen LogP contribution is -2.42. The second-order valence-corrected chi connectivity index (χ2v) is 7.72. The molecular weight excluding hydrogens is 399 g/mol. The van der Waals surface area contributed by atoms with E-state index in [1.54, 1.807) is 37.4 Å². The molecule has 0 atom stereocenters. The molecule has 2 aromatic rings. The molecule has 166 valence electrons. The van der Waals surface area contributed by atoms with E-state index in [1.165, 1.54) is 12.1 Å². The Morgan fingerprint density at radius 3 is 2.52 bits per heavy atom. The maximum absolute atomic E-state index is 13.4. The first kappa shape index (κ1) is 22.7. The lowest BCUT2D eigenvalue weighted by atomic mass is 10.1. The zero-order valence-electron chi connectivity index (χ0n) is 18.0. The molecule has 6 nitrogen and oxygen atoms in total. The van der Waals surface area contributed by atoms with Gasteiger partial charge >= 0.3 is 0 Å². The fourth-order valence-corrected chi connectivity index (χ4v) is 3.56. The second-order valence-electron chi connectivity index (χ2n) is 7.72. The average Bonchev–Trinajstić information content (AvgIpc) is 2.79. The summed E-state index contributed by atoms with van der Waals surface area (Å²) in [6, 6.07) is 11.5. The minimum Gasteiger partial charge on any atom is -0.490 e. The Balaban J connectivity index is 1.46. The number of likely N-dealkylation sites (tertiary alicyclic amines) is 1. The van der Waals surface area contributed by atoms with Crippen LogP contribution in [-0.2, 0) is 16.1 Å². The Bertz CT molecular complexity index is 893. The van der Waals surface area contributed by atoms with Crippen molar-refractivity contribution in [1.29, 1.82) is 0 Å². The van der Waals surface area contributed by atoms with Gasteiger partial charge in [0.2, 0.25) is 5.91 Å². The van der Waals surface area contributed by atoms with Crippen LogP contribution in [0.15, 0.2) is 42.5 Å². The Morgan fingerprint density at radius 2 is 1.84 bits per heavy atom. The first-order valence-corrected chi connectivity index (χ1v) is 10.5. The van der Waals surface area contributed by atoms with Crippen LogP contribution in [0.1, 0.15) is 40.7 Å². The standard InChI is InChI=1S/C24H29FN2O4/c1-17-3-6-20(25)15-19(17)16-26-24(29)18-4-7-21(8-5-18)31-22-9-12-27(13-10-22)23(28)11-14-30-2/h3-8,15,22H,9-14,16H2,1-2H3,(H,26,29). The maximum atomic E-state index is 13.4. The van der Waals surface area contributed by atoms with E-state index in [0.29, 0.717) is 37.4 Å². The molecule has 0 bridgehead atoms. The monoisotopic (exact) mass is 428 g/mol. The summed E-state index contributed by atoms with van der Waals surface area (Å²) in [6.45, 7) is 3.94. The summed E-state index contributed by atoms with van der Waals surface area (Å²) in [5.41, 5.74) is 2.19. The highest BCUT2D eigenvalue weighted by atomic mass is 19.1. The van der Waals surface area contributed by atoms with Gasteiger partial charge in [-0.25, -0.2) is 4.39 Å². The largest absolute Gasteiger partial charge is 0.490 e. The van der Waals surface area contributed by atoms with Crippen LogP contribution in [0, 0.1) is 12.7 Å². The van der Waals surface area contributed by atoms with Gasteiger partial charge in [-0.3, -0.25) is 9.59 Å². The Morgan fingerprint density at radius 1 is 1.13 bits per heavy atom. The third kappa shape index (κ3) is 6.52. The number of methoxy groups -OCH3 is 1. The van der Waals surface area contributed by atoms with Crippen molar-refractivity contribution in [2.24, 2.45) is 0 Å². The first-order valence-electron chi connectivity index (χ1n) is 10.5. The number of aryl methyl sites for hydroxylation is 1. The molecule has 1 saturated heterocycles. The lowest BCUT2D eigenvalue weighted by molar-refractivity contribution is -0.133. The third-order valence-electron chi connectivity index (χ3n) is 5.48. The normalized spacial score (nSPS) is 14.4. The van der Waals surface area contributed by atoms with Gasteiger partial charge in [0.15, 0.2) is 0 Å². The predicted octanol–water partition coefficient (Wildman–Crippen LogP) is 3.47. The van der Waals surface area contributed by atoms with Crippen LogP contribution < -0.4 is 10.1 Å². The number of carbonyl (C=O) groups excluding carboxylic acids is 2. The van der Waals surface area contributed by atoms with Gasteiger partial charge in [-0.05, 0) is 54.4 Å². The van der Waals surface area contributed by atoms with Gasteiger partial charge in [0.25, 0.3) is 5.91 Å². The van der Waals surface area contributed by atoms with Crippen LogP contribution in [0.2, 0.25) is 0 Å². The van der Waals surface area contributed by atoms with Crippen LogP contribution in [0.25, 0.3) is 0 Å². The summed E-state index contributed by atoms with van der Waals surface area (Å²) in [6.07, 6.45) is 1.99. The van der Waals surface area contributed by atoms with Crippen molar-refractivity contribution in [3.63, 3.8) is 0 Å². The molecule has 0 aliphatic carbocycles. The molecule has 7 heteroatoms. The number of nitrogens with zero attached hydrogens (tertiary/aromatic N) is 1. The zero-order valence-corrected chi connectivity index (χ0v) is 18.0. The number of nitrogens with one attached hydrogen (secondary N) is 1. The van der Waals surface area contributed by atoms with Crippen LogP contribution in [0.4, 0.5) is 4.39 Å². The second kappa shape index (κ2) is 10.9. The van der Waals surface area contributed by atoms with Crippen LogP contribution >= 0.6 is 0 Å². The van der Waals surface area contributed by atoms with Crippen LogP contribution in [-0.4, -0.2) is 49.6 Å². The highest BCUT2D eigenvalue weighted by molar-refractivity contribution is 5.94. The minimum absolute atomic E-state index is 0.0436. The highest BCUT2D eigenvalue weighted by Gasteiger charge is 2.23. The molecule has 1 fully saturated rings. The number of carbonyl (C=O) groups is 2. The molecule has 2 aromatic carbocycles. The fourth-order valence-electron chi connectivity index (χ4n) is 3.56. The number of benzene rings is 2. The van der Waals surface area contributed by atoms with E-state index in [0.717, 1.165) is 24.0 Å². The Hall–Kier alpha value is -2.93. The van der Waals surface area contributed by atoms with Crippen molar-refractivity contribution in [3.05, 3.63) is 65.0 Å². The van der Waals surface area contributed by atoms with E-state index in [4.69, 9.17) is 9.47 Å². The molecule has 3 rings (SSSR count). The molecule has 0 saturated carbocycles. The Kier molecular flexibility index (Phi) is 8.00. The molecule has 0 radical (unpaired) electrons. The third-order valence-corrected chi connectivity index (χ3v) is 5.48. The minimum atomic E-state index is -0.318. The molecule has 2 amide bonds. The summed E-state index contributed by atoms with van der Waals surface area (Å²) in [7, 11) is 1.59. The maximum Gasteiger partial charge on any atom is 0.251 e. The van der Waals surface area contributed by atoms with E-state index < -0.39 is 0 Å². The van der Waals surface area contributed by atoms with Gasteiger partial charge in [0, 0.05) is 45.1 Å². The van der Waals surface area contributed by atoms with Crippen molar-refractivity contribution in [2.45, 2.75) is 38.8 Å². The molecular formula is C24H29FN2O4. The average molecular weight is 429 g/mol. The Labute approximate surface area is 182 Å². The van der Waals surface area contributed by atoms with E-state index in [2.05, 4.69) is 5.32 Å². The number of rotatable bonds is 8. The summed E-state index contributed by atoms with van der Waals surface area (Å²) in [5.74, 6) is 0.269. The van der Waals surface area contributed by atoms with E-state index >= 15 is 0 Å². The van der Waals surface area contributed by atoms with Gasteiger partial charge in [-0.15, -0.1) is 0 Å². The van der Waals surface area contributed by atoms with Gasteiger partial charge in [0.1, 0.15) is 17.7 Å². The number of hydrogen-bond acceptors (Lipinski definition) is 4. The zero-order chi connectivity index (χ0) is 22.2. The highest BCUT2D eigenvalue weighted by Crippen LogP contribution is 2.20. The van der Waals surface area contributed by atoms with E-state index in [9.17, 15) is 14.0 Å². The molecule has 1 aliphatic rings. The lowest BCUT2D eigenvalue weighted by Gasteiger charge is -2.32. The van der Waals surface area contributed by atoms with E-state index in [-0.39, 0.29) is 30.3 Å². The first-order chi connectivity index (χ1) is 15.0. The quantitative estimate of drug-likeness (QED) is 0.699. The molecule has 0 spiro atoms. The van der Waals surface area contributed by atoms with Crippen molar-refractivity contribution in [2.75, 3.05) is 26.8 Å². The molecule has 0 unspecified atom stereocenters. The predicted molar refractivity (Wildman–Crippen MR) is 115 cm³/mol. The van der Waals surface area contributed by atoms with Gasteiger partial charge < -0.3 is 19.7 Å². The number of hydrogen-bond donors (Lipinski definition) is 1. The molecule has 1 aliphatic heterocycles. The number of amides is 2. The van der Waals surface area contributed by atoms with Crippen molar-refractivity contribution in [1.82, 2.24) is 10.2 Å². The molecule has 0 aromatic heterocycles. The van der Waals surface area contributed by atoms with Gasteiger partial charge in [-0.2, -0.15) is 0 Å². The van der Waals surface area contributed by atoms with Crippen molar-refractivity contribution in [3.8, 4) is 5.75 Å². The van der Waals surface area contributed by atoms with Gasteiger partial charge in [-0.1, -0.05) is 6.07 Å². The summed E-state index contributed by atoms with van der Waals surface area (Å²) < 4.78 is 24.4. The summed E-state index contributed by atoms with van der Waals surface area (Å²) in [4.78, 5) is 26.3. The fraction of sp³-hybridized carbons (Fsp3) is 0.417. The number of halogens is 1. The van der Waals surface area contributed by atoms with Crippen molar-refractivity contribution < 1.29 is 23.5 Å². The van der Waals surface area contributed by atoms with Gasteiger partial charge in [0.05, 0.1) is 13.0 Å². The van der Waals surface area contributed by atoms with E-state index in [1.807, 2.05) is 11.8 Å². The summed E-state index contributed by atoms with van der Waals surface area (Å²) in [5, 5.41) is 2.82. The van der Waals surface area contributed by atoms with Crippen LogP contribution in [0.3, 0.4) is 0 Å². The molecule has 31 heavy (non-hydrogen) atoms.